The normalized spacial score (nSPS) is 10.3. The highest BCUT2D eigenvalue weighted by Crippen LogP contribution is 2.29. The summed E-state index contributed by atoms with van der Waals surface area (Å²) < 4.78 is 11.5. The number of nitrogen functional groups attached to an aromatic ring is 1. The van der Waals surface area contributed by atoms with Crippen LogP contribution in [0.1, 0.15) is 25.8 Å². The molecular weight excluding hydrogens is 250 g/mol. The van der Waals surface area contributed by atoms with Crippen molar-refractivity contribution < 1.29 is 9.47 Å². The molecule has 0 aromatic heterocycles. The molecule has 0 saturated carbocycles. The van der Waals surface area contributed by atoms with Crippen LogP contribution in [0.4, 0.5) is 5.69 Å². The Balaban J connectivity index is 2.17. The summed E-state index contributed by atoms with van der Waals surface area (Å²) in [5.41, 5.74) is 7.76. The first-order valence-electron chi connectivity index (χ1n) is 7.01. The van der Waals surface area contributed by atoms with Crippen LogP contribution in [-0.4, -0.2) is 6.61 Å². The van der Waals surface area contributed by atoms with Gasteiger partial charge in [-0.25, -0.2) is 0 Å². The SMILES string of the molecule is CCCOc1cc(N)cc(Oc2cccc(CC)c2)c1. The van der Waals surface area contributed by atoms with Gasteiger partial charge >= 0.3 is 0 Å². The fourth-order valence-corrected chi connectivity index (χ4v) is 1.92. The van der Waals surface area contributed by atoms with Crippen molar-refractivity contribution in [2.45, 2.75) is 26.7 Å². The number of benzene rings is 2. The number of rotatable bonds is 6. The van der Waals surface area contributed by atoms with Crippen LogP contribution in [0.15, 0.2) is 42.5 Å². The van der Waals surface area contributed by atoms with Crippen LogP contribution in [0, 0.1) is 0 Å². The highest BCUT2D eigenvalue weighted by atomic mass is 16.5. The molecule has 0 amide bonds. The van der Waals surface area contributed by atoms with E-state index in [0.717, 1.165) is 24.3 Å². The van der Waals surface area contributed by atoms with Gasteiger partial charge in [-0.2, -0.15) is 0 Å². The smallest absolute Gasteiger partial charge is 0.133 e. The quantitative estimate of drug-likeness (QED) is 0.791. The summed E-state index contributed by atoms with van der Waals surface area (Å²) in [6.45, 7) is 4.87. The number of aryl methyl sites for hydroxylation is 1. The van der Waals surface area contributed by atoms with E-state index in [2.05, 4.69) is 19.9 Å². The average Bonchev–Trinajstić information content (AvgIpc) is 2.44. The molecule has 20 heavy (non-hydrogen) atoms. The molecule has 0 fully saturated rings. The van der Waals surface area contributed by atoms with Crippen molar-refractivity contribution >= 4 is 5.69 Å². The van der Waals surface area contributed by atoms with Crippen molar-refractivity contribution in [3.63, 3.8) is 0 Å². The van der Waals surface area contributed by atoms with Crippen molar-refractivity contribution in [2.75, 3.05) is 12.3 Å². The van der Waals surface area contributed by atoms with Crippen LogP contribution in [-0.2, 0) is 6.42 Å². The molecule has 0 aliphatic carbocycles. The van der Waals surface area contributed by atoms with Crippen LogP contribution in [0.5, 0.6) is 17.2 Å². The molecule has 0 radical (unpaired) electrons. The van der Waals surface area contributed by atoms with Crippen molar-refractivity contribution in [1.29, 1.82) is 0 Å². The van der Waals surface area contributed by atoms with E-state index < -0.39 is 0 Å². The van der Waals surface area contributed by atoms with Gasteiger partial charge in [0.1, 0.15) is 17.2 Å². The summed E-state index contributed by atoms with van der Waals surface area (Å²) in [6.07, 6.45) is 1.95. The van der Waals surface area contributed by atoms with Crippen LogP contribution >= 0.6 is 0 Å². The van der Waals surface area contributed by atoms with E-state index in [1.165, 1.54) is 5.56 Å². The van der Waals surface area contributed by atoms with Gasteiger partial charge in [-0.3, -0.25) is 0 Å². The Morgan fingerprint density at radius 1 is 0.950 bits per heavy atom. The Morgan fingerprint density at radius 2 is 1.75 bits per heavy atom. The van der Waals surface area contributed by atoms with Crippen molar-refractivity contribution in [2.24, 2.45) is 0 Å². The Labute approximate surface area is 120 Å². The second-order valence-electron chi connectivity index (χ2n) is 4.69. The molecule has 2 aromatic rings. The minimum absolute atomic E-state index is 0.639. The fourth-order valence-electron chi connectivity index (χ4n) is 1.92. The lowest BCUT2D eigenvalue weighted by atomic mass is 10.2. The molecule has 2 N–H and O–H groups in total. The fraction of sp³-hybridized carbons (Fsp3) is 0.294. The molecule has 2 rings (SSSR count). The number of hydrogen-bond donors (Lipinski definition) is 1. The number of anilines is 1. The zero-order valence-electron chi connectivity index (χ0n) is 12.1. The summed E-state index contributed by atoms with van der Waals surface area (Å²) >= 11 is 0. The van der Waals surface area contributed by atoms with Crippen molar-refractivity contribution in [3.8, 4) is 17.2 Å². The number of nitrogens with two attached hydrogens (primary N) is 1. The van der Waals surface area contributed by atoms with Gasteiger partial charge < -0.3 is 15.2 Å². The number of hydrogen-bond acceptors (Lipinski definition) is 3. The van der Waals surface area contributed by atoms with Gasteiger partial charge in [-0.05, 0) is 30.5 Å². The van der Waals surface area contributed by atoms with Crippen LogP contribution in [0.2, 0.25) is 0 Å². The van der Waals surface area contributed by atoms with Gasteiger partial charge in [0.2, 0.25) is 0 Å². The molecule has 3 nitrogen and oxygen atoms in total. The molecule has 0 aliphatic heterocycles. The lowest BCUT2D eigenvalue weighted by Crippen LogP contribution is -1.97. The highest BCUT2D eigenvalue weighted by Gasteiger charge is 2.03. The Bertz CT molecular complexity index is 567. The molecule has 0 aliphatic rings. The monoisotopic (exact) mass is 271 g/mol. The standard InChI is InChI=1S/C17H21NO2/c1-3-8-19-16-10-14(18)11-17(12-16)20-15-7-5-6-13(4-2)9-15/h5-7,9-12H,3-4,8,18H2,1-2H3. The third-order valence-corrected chi connectivity index (χ3v) is 2.92. The van der Waals surface area contributed by atoms with Crippen LogP contribution < -0.4 is 15.2 Å². The highest BCUT2D eigenvalue weighted by molar-refractivity contribution is 5.51. The summed E-state index contributed by atoms with van der Waals surface area (Å²) in [4.78, 5) is 0. The minimum Gasteiger partial charge on any atom is -0.493 e. The van der Waals surface area contributed by atoms with Gasteiger partial charge in [0.25, 0.3) is 0 Å². The van der Waals surface area contributed by atoms with E-state index in [-0.39, 0.29) is 0 Å². The van der Waals surface area contributed by atoms with E-state index in [0.29, 0.717) is 18.0 Å². The summed E-state index contributed by atoms with van der Waals surface area (Å²) in [5, 5.41) is 0. The summed E-state index contributed by atoms with van der Waals surface area (Å²) in [5.74, 6) is 2.26. The van der Waals surface area contributed by atoms with Gasteiger partial charge in [-0.15, -0.1) is 0 Å². The Morgan fingerprint density at radius 3 is 2.50 bits per heavy atom. The molecule has 0 heterocycles. The molecule has 0 saturated heterocycles. The first-order chi connectivity index (χ1) is 9.71. The van der Waals surface area contributed by atoms with E-state index in [1.54, 1.807) is 6.07 Å². The first-order valence-corrected chi connectivity index (χ1v) is 7.01. The third-order valence-electron chi connectivity index (χ3n) is 2.92. The third kappa shape index (κ3) is 3.92. The molecule has 0 bridgehead atoms. The summed E-state index contributed by atoms with van der Waals surface area (Å²) in [7, 11) is 0. The molecule has 0 spiro atoms. The van der Waals surface area contributed by atoms with Gasteiger partial charge in [0, 0.05) is 23.9 Å². The number of ether oxygens (including phenoxy) is 2. The van der Waals surface area contributed by atoms with E-state index in [1.807, 2.05) is 30.3 Å². The zero-order valence-corrected chi connectivity index (χ0v) is 12.1. The van der Waals surface area contributed by atoms with Gasteiger partial charge in [0.15, 0.2) is 0 Å². The minimum atomic E-state index is 0.639. The lowest BCUT2D eigenvalue weighted by molar-refractivity contribution is 0.316. The second kappa shape index (κ2) is 6.85. The molecular formula is C17H21NO2. The topological polar surface area (TPSA) is 44.5 Å². The largest absolute Gasteiger partial charge is 0.493 e. The van der Waals surface area contributed by atoms with E-state index >= 15 is 0 Å². The Kier molecular flexibility index (Phi) is 4.88. The molecule has 106 valence electrons. The van der Waals surface area contributed by atoms with Crippen molar-refractivity contribution in [3.05, 3.63) is 48.0 Å². The van der Waals surface area contributed by atoms with Gasteiger partial charge in [0.05, 0.1) is 6.61 Å². The predicted molar refractivity (Wildman–Crippen MR) is 82.5 cm³/mol. The lowest BCUT2D eigenvalue weighted by Gasteiger charge is -2.11. The van der Waals surface area contributed by atoms with Crippen molar-refractivity contribution in [1.82, 2.24) is 0 Å². The molecule has 3 heteroatoms. The molecule has 2 aromatic carbocycles. The van der Waals surface area contributed by atoms with Crippen LogP contribution in [0.25, 0.3) is 0 Å². The zero-order chi connectivity index (χ0) is 14.4. The van der Waals surface area contributed by atoms with E-state index in [9.17, 15) is 0 Å². The maximum absolute atomic E-state index is 5.88. The second-order valence-corrected chi connectivity index (χ2v) is 4.69. The summed E-state index contributed by atoms with van der Waals surface area (Å²) in [6, 6.07) is 13.5. The van der Waals surface area contributed by atoms with Crippen LogP contribution in [0.3, 0.4) is 0 Å². The van der Waals surface area contributed by atoms with E-state index in [4.69, 9.17) is 15.2 Å². The molecule has 0 unspecified atom stereocenters. The first kappa shape index (κ1) is 14.3. The Hall–Kier alpha value is -2.16. The maximum Gasteiger partial charge on any atom is 0.133 e. The predicted octanol–water partition coefficient (Wildman–Crippen LogP) is 4.41. The maximum atomic E-state index is 5.88. The van der Waals surface area contributed by atoms with Gasteiger partial charge in [-0.1, -0.05) is 26.0 Å². The molecule has 0 atom stereocenters. The average molecular weight is 271 g/mol.